The Labute approximate surface area is 368 Å². The Morgan fingerprint density at radius 3 is 1.87 bits per heavy atom. The number of pyridine rings is 1. The summed E-state index contributed by atoms with van der Waals surface area (Å²) in [5.74, 6) is 0. The van der Waals surface area contributed by atoms with Crippen LogP contribution in [-0.4, -0.2) is 4.40 Å². The van der Waals surface area contributed by atoms with Gasteiger partial charge in [-0.05, 0) is 127 Å². The van der Waals surface area contributed by atoms with Crippen molar-refractivity contribution in [3.05, 3.63) is 231 Å². The van der Waals surface area contributed by atoms with Crippen molar-refractivity contribution in [2.45, 2.75) is 0 Å². The average Bonchev–Trinajstić information content (AvgIpc) is 3.89. The van der Waals surface area contributed by atoms with Crippen LogP contribution in [0, 0.1) is 0 Å². The van der Waals surface area contributed by atoms with E-state index in [0.717, 1.165) is 17.1 Å². The van der Waals surface area contributed by atoms with Crippen LogP contribution in [0.3, 0.4) is 0 Å². The molecule has 0 radical (unpaired) electrons. The summed E-state index contributed by atoms with van der Waals surface area (Å²) in [7, 11) is 0. The molecule has 0 aliphatic carbocycles. The van der Waals surface area contributed by atoms with E-state index in [0.29, 0.717) is 0 Å². The van der Waals surface area contributed by atoms with Gasteiger partial charge in [-0.15, -0.1) is 11.3 Å². The van der Waals surface area contributed by atoms with E-state index in [-0.39, 0.29) is 0 Å². The van der Waals surface area contributed by atoms with E-state index >= 15 is 0 Å². The maximum Gasteiger partial charge on any atom is 0.0547 e. The van der Waals surface area contributed by atoms with E-state index < -0.39 is 0 Å². The molecule has 10 aromatic carbocycles. The second-order valence-electron chi connectivity index (χ2n) is 16.5. The topological polar surface area (TPSA) is 7.65 Å². The van der Waals surface area contributed by atoms with Gasteiger partial charge >= 0.3 is 0 Å². The van der Waals surface area contributed by atoms with E-state index in [4.69, 9.17) is 0 Å². The fourth-order valence-electron chi connectivity index (χ4n) is 9.96. The minimum Gasteiger partial charge on any atom is -0.315 e. The molecule has 3 aromatic heterocycles. The maximum atomic E-state index is 2.41. The summed E-state index contributed by atoms with van der Waals surface area (Å²) in [6.07, 6.45) is 2.30. The molecular formula is C60H38N2S. The summed E-state index contributed by atoms with van der Waals surface area (Å²) < 4.78 is 4.99. The lowest BCUT2D eigenvalue weighted by Crippen LogP contribution is -2.09. The van der Waals surface area contributed by atoms with Gasteiger partial charge in [0.2, 0.25) is 0 Å². The van der Waals surface area contributed by atoms with Crippen molar-refractivity contribution in [3.63, 3.8) is 0 Å². The van der Waals surface area contributed by atoms with Gasteiger partial charge in [-0.3, -0.25) is 0 Å². The molecule has 0 N–H and O–H groups in total. The fourth-order valence-corrected chi connectivity index (χ4v) is 11.0. The molecule has 13 rings (SSSR count). The van der Waals surface area contributed by atoms with Gasteiger partial charge in [-0.25, -0.2) is 0 Å². The van der Waals surface area contributed by atoms with Gasteiger partial charge < -0.3 is 9.30 Å². The van der Waals surface area contributed by atoms with Crippen molar-refractivity contribution >= 4 is 97.3 Å². The normalized spacial score (nSPS) is 11.8. The Kier molecular flexibility index (Phi) is 8.12. The van der Waals surface area contributed by atoms with Crippen molar-refractivity contribution in [2.24, 2.45) is 0 Å². The first kappa shape index (κ1) is 35.7. The second kappa shape index (κ2) is 14.3. The molecule has 0 fully saturated rings. The molecule has 0 aliphatic rings. The SMILES string of the molecule is c1ccc(-c2c3c(-c4cccc(-c5ccc(N(c6ccc7c(ccc8ccccc87)c6)c6ccc7sc8ccccc8c7c6)cc5)c4)cccc3n3cc4ccccc4cc23)cc1. The minimum absolute atomic E-state index is 1.11. The third-order valence-corrected chi connectivity index (χ3v) is 14.1. The zero-order valence-corrected chi connectivity index (χ0v) is 35.1. The Morgan fingerprint density at radius 2 is 0.984 bits per heavy atom. The molecular weight excluding hydrogens is 781 g/mol. The molecule has 0 amide bonds. The van der Waals surface area contributed by atoms with E-state index in [2.05, 4.69) is 240 Å². The molecule has 3 heterocycles. The van der Waals surface area contributed by atoms with Crippen LogP contribution in [-0.2, 0) is 0 Å². The average molecular weight is 819 g/mol. The van der Waals surface area contributed by atoms with Gasteiger partial charge in [0.1, 0.15) is 0 Å². The highest BCUT2D eigenvalue weighted by molar-refractivity contribution is 7.25. The van der Waals surface area contributed by atoms with Crippen molar-refractivity contribution in [1.82, 2.24) is 4.40 Å². The van der Waals surface area contributed by atoms with Gasteiger partial charge in [0.05, 0.1) is 11.0 Å². The molecule has 0 spiro atoms. The Morgan fingerprint density at radius 1 is 0.333 bits per heavy atom. The Balaban J connectivity index is 0.939. The van der Waals surface area contributed by atoms with Crippen LogP contribution in [0.1, 0.15) is 0 Å². The molecule has 63 heavy (non-hydrogen) atoms. The van der Waals surface area contributed by atoms with Gasteiger partial charge in [-0.2, -0.15) is 0 Å². The number of anilines is 3. The Bertz CT molecular complexity index is 3910. The third kappa shape index (κ3) is 5.85. The third-order valence-electron chi connectivity index (χ3n) is 12.9. The predicted molar refractivity (Wildman–Crippen MR) is 271 cm³/mol. The Hall–Kier alpha value is -7.98. The molecule has 3 heteroatoms. The van der Waals surface area contributed by atoms with E-state index in [1.54, 1.807) is 0 Å². The van der Waals surface area contributed by atoms with Crippen molar-refractivity contribution in [3.8, 4) is 33.4 Å². The summed E-state index contributed by atoms with van der Waals surface area (Å²) in [6.45, 7) is 0. The molecule has 13 aromatic rings. The van der Waals surface area contributed by atoms with Gasteiger partial charge in [0, 0.05) is 54.4 Å². The number of thiophene rings is 1. The molecule has 0 saturated heterocycles. The standard InChI is InChI=1S/C60H38N2S/c1-2-13-41(14-3-1)59-56-36-43-15-4-5-16-46(43)38-61(56)55-22-11-21-52(60(55)59)44-18-10-17-42(34-44)39-26-28-47(29-27-39)62(49-31-33-58-54(37-49)53-20-8-9-23-57(53)63-58)48-30-32-51-45(35-48)25-24-40-12-6-7-19-50(40)51/h1-38H. The maximum absolute atomic E-state index is 2.41. The number of rotatable bonds is 6. The summed E-state index contributed by atoms with van der Waals surface area (Å²) in [5.41, 5.74) is 13.0. The van der Waals surface area contributed by atoms with Crippen LogP contribution >= 0.6 is 11.3 Å². The number of fused-ring (bicyclic) bond motifs is 10. The number of hydrogen-bond donors (Lipinski definition) is 0. The zero-order chi connectivity index (χ0) is 41.4. The van der Waals surface area contributed by atoms with Crippen molar-refractivity contribution in [1.29, 1.82) is 0 Å². The lowest BCUT2D eigenvalue weighted by atomic mass is 9.93. The fraction of sp³-hybridized carbons (Fsp3) is 0. The highest BCUT2D eigenvalue weighted by Crippen LogP contribution is 2.45. The number of nitrogens with zero attached hydrogens (tertiary/aromatic N) is 2. The smallest absolute Gasteiger partial charge is 0.0547 e. The van der Waals surface area contributed by atoms with Crippen LogP contribution in [0.25, 0.3) is 102 Å². The predicted octanol–water partition coefficient (Wildman–Crippen LogP) is 17.4. The quantitative estimate of drug-likeness (QED) is 0.152. The van der Waals surface area contributed by atoms with Crippen LogP contribution in [0.5, 0.6) is 0 Å². The highest BCUT2D eigenvalue weighted by Gasteiger charge is 2.20. The lowest BCUT2D eigenvalue weighted by molar-refractivity contribution is 1.28. The molecule has 2 nitrogen and oxygen atoms in total. The van der Waals surface area contributed by atoms with E-state index in [9.17, 15) is 0 Å². The lowest BCUT2D eigenvalue weighted by Gasteiger charge is -2.26. The van der Waals surface area contributed by atoms with E-state index in [1.165, 1.54) is 102 Å². The van der Waals surface area contributed by atoms with Gasteiger partial charge in [0.15, 0.2) is 0 Å². The van der Waals surface area contributed by atoms with Gasteiger partial charge in [0.25, 0.3) is 0 Å². The minimum atomic E-state index is 1.11. The second-order valence-corrected chi connectivity index (χ2v) is 17.6. The number of aromatic nitrogens is 1. The van der Waals surface area contributed by atoms with Crippen LogP contribution < -0.4 is 4.90 Å². The number of hydrogen-bond acceptors (Lipinski definition) is 2. The van der Waals surface area contributed by atoms with Crippen molar-refractivity contribution in [2.75, 3.05) is 4.90 Å². The summed E-state index contributed by atoms with van der Waals surface area (Å²) in [5, 5.41) is 11.3. The summed E-state index contributed by atoms with van der Waals surface area (Å²) >= 11 is 1.86. The first-order chi connectivity index (χ1) is 31.2. The van der Waals surface area contributed by atoms with Gasteiger partial charge in [-0.1, -0.05) is 158 Å². The monoisotopic (exact) mass is 818 g/mol. The summed E-state index contributed by atoms with van der Waals surface area (Å²) in [6, 6.07) is 82.6. The highest BCUT2D eigenvalue weighted by atomic mass is 32.1. The van der Waals surface area contributed by atoms with Crippen molar-refractivity contribution < 1.29 is 0 Å². The summed E-state index contributed by atoms with van der Waals surface area (Å²) in [4.78, 5) is 2.41. The first-order valence-electron chi connectivity index (χ1n) is 21.6. The molecule has 0 saturated carbocycles. The molecule has 0 atom stereocenters. The van der Waals surface area contributed by atoms with Crippen LogP contribution in [0.2, 0.25) is 0 Å². The van der Waals surface area contributed by atoms with Crippen LogP contribution in [0.15, 0.2) is 231 Å². The molecule has 294 valence electrons. The zero-order valence-electron chi connectivity index (χ0n) is 34.2. The largest absolute Gasteiger partial charge is 0.315 e. The molecule has 0 unspecified atom stereocenters. The first-order valence-corrected chi connectivity index (χ1v) is 22.4. The van der Waals surface area contributed by atoms with Crippen LogP contribution in [0.4, 0.5) is 17.1 Å². The number of benzene rings is 10. The molecule has 0 bridgehead atoms. The molecule has 0 aliphatic heterocycles. The van der Waals surface area contributed by atoms with E-state index in [1.807, 2.05) is 11.3 Å².